The Kier molecular flexibility index (Phi) is 4.84. The Morgan fingerprint density at radius 2 is 1.95 bits per heavy atom. The second-order valence-corrected chi connectivity index (χ2v) is 6.22. The van der Waals surface area contributed by atoms with Gasteiger partial charge in [-0.3, -0.25) is 0 Å². The molecule has 1 atom stereocenters. The lowest BCUT2D eigenvalue weighted by atomic mass is 10.1. The van der Waals surface area contributed by atoms with Crippen LogP contribution in [-0.2, 0) is 5.75 Å². The first-order chi connectivity index (χ1) is 9.47. The van der Waals surface area contributed by atoms with Crippen LogP contribution >= 0.6 is 11.8 Å². The predicted molar refractivity (Wildman–Crippen MR) is 84.5 cm³/mol. The molecule has 3 heteroatoms. The van der Waals surface area contributed by atoms with Gasteiger partial charge in [-0.05, 0) is 49.6 Å². The fourth-order valence-electron chi connectivity index (χ4n) is 2.11. The minimum absolute atomic E-state index is 0.162. The van der Waals surface area contributed by atoms with E-state index in [2.05, 4.69) is 31.2 Å². The largest absolute Gasteiger partial charge is 0.324 e. The van der Waals surface area contributed by atoms with Gasteiger partial charge in [0.25, 0.3) is 0 Å². The first-order valence-corrected chi connectivity index (χ1v) is 7.70. The van der Waals surface area contributed by atoms with Gasteiger partial charge in [0.15, 0.2) is 0 Å². The second-order valence-electron chi connectivity index (χ2n) is 5.21. The van der Waals surface area contributed by atoms with Crippen molar-refractivity contribution in [3.63, 3.8) is 0 Å². The van der Waals surface area contributed by atoms with Crippen molar-refractivity contribution in [2.75, 3.05) is 0 Å². The summed E-state index contributed by atoms with van der Waals surface area (Å²) in [6.45, 7) is 5.77. The lowest BCUT2D eigenvalue weighted by Crippen LogP contribution is -2.07. The zero-order valence-electron chi connectivity index (χ0n) is 12.1. The fourth-order valence-corrected chi connectivity index (χ4v) is 3.29. The number of halogens is 1. The molecule has 0 amide bonds. The Balaban J connectivity index is 2.22. The maximum absolute atomic E-state index is 13.7. The van der Waals surface area contributed by atoms with E-state index in [9.17, 15) is 4.39 Å². The quantitative estimate of drug-likeness (QED) is 0.822. The molecule has 2 N–H and O–H groups in total. The van der Waals surface area contributed by atoms with Crippen LogP contribution in [0.2, 0.25) is 0 Å². The summed E-state index contributed by atoms with van der Waals surface area (Å²) >= 11 is 1.71. The third kappa shape index (κ3) is 3.62. The smallest absolute Gasteiger partial charge is 0.126 e. The molecule has 1 nitrogen and oxygen atoms in total. The van der Waals surface area contributed by atoms with E-state index >= 15 is 0 Å². The average molecular weight is 289 g/mol. The topological polar surface area (TPSA) is 26.0 Å². The molecule has 0 spiro atoms. The van der Waals surface area contributed by atoms with Gasteiger partial charge >= 0.3 is 0 Å². The number of rotatable bonds is 4. The molecule has 0 aliphatic rings. The maximum Gasteiger partial charge on any atom is 0.126 e. The number of nitrogens with two attached hydrogens (primary N) is 1. The number of hydrogen-bond donors (Lipinski definition) is 1. The van der Waals surface area contributed by atoms with Crippen molar-refractivity contribution < 1.29 is 4.39 Å². The summed E-state index contributed by atoms with van der Waals surface area (Å²) in [6.07, 6.45) is 0. The lowest BCUT2D eigenvalue weighted by Gasteiger charge is -2.14. The summed E-state index contributed by atoms with van der Waals surface area (Å²) in [4.78, 5) is 1.07. The van der Waals surface area contributed by atoms with Crippen molar-refractivity contribution in [2.45, 2.75) is 37.5 Å². The van der Waals surface area contributed by atoms with Gasteiger partial charge < -0.3 is 5.73 Å². The van der Waals surface area contributed by atoms with E-state index in [-0.39, 0.29) is 11.9 Å². The van der Waals surface area contributed by atoms with Crippen LogP contribution in [0.1, 0.15) is 35.2 Å². The monoisotopic (exact) mass is 289 g/mol. The molecule has 2 aromatic carbocycles. The maximum atomic E-state index is 13.7. The van der Waals surface area contributed by atoms with Gasteiger partial charge in [0.1, 0.15) is 5.82 Å². The molecule has 0 aliphatic heterocycles. The van der Waals surface area contributed by atoms with Gasteiger partial charge in [0.2, 0.25) is 0 Å². The van der Waals surface area contributed by atoms with Gasteiger partial charge in [-0.1, -0.05) is 29.8 Å². The molecule has 0 unspecified atom stereocenters. The van der Waals surface area contributed by atoms with Gasteiger partial charge in [-0.25, -0.2) is 4.39 Å². The van der Waals surface area contributed by atoms with Crippen LogP contribution in [0.4, 0.5) is 4.39 Å². The van der Waals surface area contributed by atoms with Crippen LogP contribution < -0.4 is 5.73 Å². The fraction of sp³-hybridized carbons (Fsp3) is 0.294. The molecule has 0 aliphatic carbocycles. The summed E-state index contributed by atoms with van der Waals surface area (Å²) in [5.41, 5.74) is 10.0. The van der Waals surface area contributed by atoms with Crippen molar-refractivity contribution in [2.24, 2.45) is 5.73 Å². The lowest BCUT2D eigenvalue weighted by molar-refractivity contribution is 0.610. The first-order valence-electron chi connectivity index (χ1n) is 6.71. The van der Waals surface area contributed by atoms with Crippen molar-refractivity contribution in [3.05, 3.63) is 64.5 Å². The van der Waals surface area contributed by atoms with Crippen LogP contribution in [0.25, 0.3) is 0 Å². The van der Waals surface area contributed by atoms with E-state index in [0.717, 1.165) is 16.2 Å². The second kappa shape index (κ2) is 6.42. The Morgan fingerprint density at radius 1 is 1.20 bits per heavy atom. The molecule has 2 aromatic rings. The normalized spacial score (nSPS) is 12.4. The zero-order chi connectivity index (χ0) is 14.7. The van der Waals surface area contributed by atoms with Crippen molar-refractivity contribution in [1.82, 2.24) is 0 Å². The molecule has 0 radical (unpaired) electrons. The van der Waals surface area contributed by atoms with E-state index in [4.69, 9.17) is 5.73 Å². The highest BCUT2D eigenvalue weighted by atomic mass is 32.2. The highest BCUT2D eigenvalue weighted by Gasteiger charge is 2.11. The van der Waals surface area contributed by atoms with Gasteiger partial charge in [-0.15, -0.1) is 11.8 Å². The standard InChI is InChI=1S/C17H20FNS/c1-11-5-4-6-14(7-11)10-20-17-8-12(2)16(18)9-15(17)13(3)19/h4-9,13H,10,19H2,1-3H3/t13-/m0/s1. The van der Waals surface area contributed by atoms with Crippen LogP contribution in [0, 0.1) is 19.7 Å². The number of hydrogen-bond acceptors (Lipinski definition) is 2. The van der Waals surface area contributed by atoms with E-state index in [1.807, 2.05) is 13.0 Å². The molecule has 0 heterocycles. The predicted octanol–water partition coefficient (Wildman–Crippen LogP) is 4.75. The van der Waals surface area contributed by atoms with Crippen LogP contribution in [0.15, 0.2) is 41.3 Å². The molecule has 0 saturated heterocycles. The Morgan fingerprint density at radius 3 is 2.60 bits per heavy atom. The molecule has 2 rings (SSSR count). The summed E-state index contributed by atoms with van der Waals surface area (Å²) in [5, 5.41) is 0. The number of aryl methyl sites for hydroxylation is 2. The van der Waals surface area contributed by atoms with Gasteiger partial charge in [0, 0.05) is 16.7 Å². The van der Waals surface area contributed by atoms with Crippen LogP contribution in [0.3, 0.4) is 0 Å². The van der Waals surface area contributed by atoms with Crippen LogP contribution in [-0.4, -0.2) is 0 Å². The highest BCUT2D eigenvalue weighted by Crippen LogP contribution is 2.31. The summed E-state index contributed by atoms with van der Waals surface area (Å²) < 4.78 is 13.7. The molecular weight excluding hydrogens is 269 g/mol. The highest BCUT2D eigenvalue weighted by molar-refractivity contribution is 7.98. The first kappa shape index (κ1) is 15.1. The molecule has 106 valence electrons. The Hall–Kier alpha value is -1.32. The summed E-state index contributed by atoms with van der Waals surface area (Å²) in [5.74, 6) is 0.684. The molecular formula is C17H20FNS. The molecule has 0 saturated carbocycles. The number of thioether (sulfide) groups is 1. The van der Waals surface area contributed by atoms with E-state index < -0.39 is 0 Å². The molecule has 0 bridgehead atoms. The number of benzene rings is 2. The molecule has 0 aromatic heterocycles. The van der Waals surface area contributed by atoms with Gasteiger partial charge in [-0.2, -0.15) is 0 Å². The van der Waals surface area contributed by atoms with Crippen LogP contribution in [0.5, 0.6) is 0 Å². The SMILES string of the molecule is Cc1cccc(CSc2cc(C)c(F)cc2[C@H](C)N)c1. The zero-order valence-corrected chi connectivity index (χ0v) is 12.9. The van der Waals surface area contributed by atoms with Gasteiger partial charge in [0.05, 0.1) is 0 Å². The van der Waals surface area contributed by atoms with E-state index in [0.29, 0.717) is 5.56 Å². The van der Waals surface area contributed by atoms with E-state index in [1.165, 1.54) is 11.1 Å². The summed E-state index contributed by atoms with van der Waals surface area (Å²) in [6, 6.07) is 11.7. The Labute approximate surface area is 124 Å². The van der Waals surface area contributed by atoms with E-state index in [1.54, 1.807) is 24.8 Å². The summed E-state index contributed by atoms with van der Waals surface area (Å²) in [7, 11) is 0. The molecule has 20 heavy (non-hydrogen) atoms. The Bertz CT molecular complexity index is 608. The minimum Gasteiger partial charge on any atom is -0.324 e. The van der Waals surface area contributed by atoms with Crippen molar-refractivity contribution >= 4 is 11.8 Å². The third-order valence-corrected chi connectivity index (χ3v) is 4.40. The third-order valence-electron chi connectivity index (χ3n) is 3.26. The minimum atomic E-state index is -0.183. The molecule has 0 fully saturated rings. The average Bonchev–Trinajstić information content (AvgIpc) is 2.39. The van der Waals surface area contributed by atoms with Crippen molar-refractivity contribution in [3.8, 4) is 0 Å². The van der Waals surface area contributed by atoms with Crippen molar-refractivity contribution in [1.29, 1.82) is 0 Å².